The van der Waals surface area contributed by atoms with Crippen LogP contribution in [0.5, 0.6) is 5.95 Å². The van der Waals surface area contributed by atoms with Crippen molar-refractivity contribution in [2.24, 2.45) is 11.8 Å². The molecule has 0 saturated heterocycles. The highest BCUT2D eigenvalue weighted by Gasteiger charge is 2.35. The predicted molar refractivity (Wildman–Crippen MR) is 118 cm³/mol. The van der Waals surface area contributed by atoms with Gasteiger partial charge in [-0.05, 0) is 41.5 Å². The summed E-state index contributed by atoms with van der Waals surface area (Å²) in [4.78, 5) is 25.0. The van der Waals surface area contributed by atoms with Crippen molar-refractivity contribution in [1.29, 1.82) is 0 Å². The molecular formula is C25H34O4. The highest BCUT2D eigenvalue weighted by Crippen LogP contribution is 2.46. The van der Waals surface area contributed by atoms with Gasteiger partial charge >= 0.3 is 0 Å². The lowest BCUT2D eigenvalue weighted by molar-refractivity contribution is -0.120. The molecular weight excluding hydrogens is 364 g/mol. The molecule has 0 aromatic carbocycles. The monoisotopic (exact) mass is 398 g/mol. The van der Waals surface area contributed by atoms with E-state index in [9.17, 15) is 9.59 Å². The Morgan fingerprint density at radius 2 is 1.83 bits per heavy atom. The van der Waals surface area contributed by atoms with E-state index in [4.69, 9.17) is 9.15 Å². The van der Waals surface area contributed by atoms with Gasteiger partial charge in [-0.25, -0.2) is 0 Å². The van der Waals surface area contributed by atoms with Crippen LogP contribution >= 0.6 is 0 Å². The van der Waals surface area contributed by atoms with Crippen LogP contribution in [0.15, 0.2) is 43.7 Å². The SMILES string of the molecule is CCC(=O)C(C)C=C(C)C1C(C)=CC(C)=C(C)C1c1oc(OC)c(C)c(=O)c1C. The molecule has 0 aliphatic heterocycles. The van der Waals surface area contributed by atoms with Gasteiger partial charge in [0.2, 0.25) is 0 Å². The summed E-state index contributed by atoms with van der Waals surface area (Å²) in [5, 5.41) is 0. The number of ether oxygens (including phenoxy) is 1. The fourth-order valence-electron chi connectivity index (χ4n) is 4.42. The molecule has 0 amide bonds. The Morgan fingerprint density at radius 3 is 2.38 bits per heavy atom. The van der Waals surface area contributed by atoms with Gasteiger partial charge in [0.05, 0.1) is 12.7 Å². The van der Waals surface area contributed by atoms with Gasteiger partial charge in [0, 0.05) is 29.7 Å². The third-order valence-electron chi connectivity index (χ3n) is 6.24. The van der Waals surface area contributed by atoms with Gasteiger partial charge < -0.3 is 9.15 Å². The van der Waals surface area contributed by atoms with Crippen LogP contribution < -0.4 is 10.2 Å². The first kappa shape index (κ1) is 22.9. The van der Waals surface area contributed by atoms with Crippen molar-refractivity contribution in [3.63, 3.8) is 0 Å². The second-order valence-corrected chi connectivity index (χ2v) is 8.27. The van der Waals surface area contributed by atoms with Gasteiger partial charge in [0.15, 0.2) is 5.43 Å². The van der Waals surface area contributed by atoms with Gasteiger partial charge in [-0.3, -0.25) is 9.59 Å². The fraction of sp³-hybridized carbons (Fsp3) is 0.520. The van der Waals surface area contributed by atoms with Crippen molar-refractivity contribution in [3.8, 4) is 5.95 Å². The molecule has 3 unspecified atom stereocenters. The third kappa shape index (κ3) is 4.31. The minimum atomic E-state index is -0.138. The standard InChI is InChI=1S/C25H34O4/c1-10-20(26)14(3)12-16(5)21-15(4)11-13(2)17(6)22(21)24-18(7)23(27)19(8)25(28-9)29-24/h11-12,14,21-22H,10H2,1-9H3. The van der Waals surface area contributed by atoms with Crippen LogP contribution in [0.3, 0.4) is 0 Å². The van der Waals surface area contributed by atoms with E-state index in [1.165, 1.54) is 23.8 Å². The van der Waals surface area contributed by atoms with E-state index < -0.39 is 0 Å². The topological polar surface area (TPSA) is 56.5 Å². The molecule has 0 bridgehead atoms. The van der Waals surface area contributed by atoms with Crippen molar-refractivity contribution in [2.45, 2.75) is 67.7 Å². The summed E-state index contributed by atoms with van der Waals surface area (Å²) in [5.41, 5.74) is 5.72. The molecule has 1 aliphatic rings. The van der Waals surface area contributed by atoms with E-state index in [2.05, 4.69) is 39.8 Å². The zero-order valence-corrected chi connectivity index (χ0v) is 19.2. The van der Waals surface area contributed by atoms with Gasteiger partial charge in [-0.1, -0.05) is 48.3 Å². The van der Waals surface area contributed by atoms with Crippen LogP contribution in [0, 0.1) is 25.7 Å². The van der Waals surface area contributed by atoms with Crippen molar-refractivity contribution >= 4 is 5.78 Å². The molecule has 0 spiro atoms. The Balaban J connectivity index is 2.71. The number of methoxy groups -OCH3 is 1. The molecule has 1 heterocycles. The highest BCUT2D eigenvalue weighted by atomic mass is 16.6. The average molecular weight is 399 g/mol. The predicted octanol–water partition coefficient (Wildman–Crippen LogP) is 5.82. The third-order valence-corrected chi connectivity index (χ3v) is 6.24. The smallest absolute Gasteiger partial charge is 0.291 e. The van der Waals surface area contributed by atoms with Gasteiger partial charge in [0.25, 0.3) is 5.95 Å². The van der Waals surface area contributed by atoms with Crippen LogP contribution in [-0.2, 0) is 4.79 Å². The Hall–Kier alpha value is -2.36. The first-order valence-corrected chi connectivity index (χ1v) is 10.3. The van der Waals surface area contributed by atoms with Crippen LogP contribution in [0.25, 0.3) is 0 Å². The van der Waals surface area contributed by atoms with Crippen molar-refractivity contribution in [2.75, 3.05) is 7.11 Å². The second-order valence-electron chi connectivity index (χ2n) is 8.27. The molecule has 3 atom stereocenters. The average Bonchev–Trinajstić information content (AvgIpc) is 2.68. The van der Waals surface area contributed by atoms with E-state index >= 15 is 0 Å². The minimum Gasteiger partial charge on any atom is -0.468 e. The normalized spacial score (nSPS) is 21.1. The van der Waals surface area contributed by atoms with Crippen molar-refractivity contribution in [3.05, 3.63) is 61.6 Å². The summed E-state index contributed by atoms with van der Waals surface area (Å²) in [5.74, 6) is 0.919. The Bertz CT molecular complexity index is 956. The maximum absolute atomic E-state index is 12.8. The zero-order valence-electron chi connectivity index (χ0n) is 19.2. The van der Waals surface area contributed by atoms with E-state index in [0.717, 1.165) is 5.57 Å². The zero-order chi connectivity index (χ0) is 22.0. The lowest BCUT2D eigenvalue weighted by Crippen LogP contribution is -2.25. The number of ketones is 1. The maximum atomic E-state index is 12.8. The molecule has 0 fully saturated rings. The number of Topliss-reactive ketones (excluding diaryl/α,β-unsaturated/α-hetero) is 1. The van der Waals surface area contributed by atoms with Gasteiger partial charge in [-0.15, -0.1) is 0 Å². The lowest BCUT2D eigenvalue weighted by Gasteiger charge is -2.34. The molecule has 29 heavy (non-hydrogen) atoms. The Kier molecular flexibility index (Phi) is 7.10. The number of carbonyl (C=O) groups excluding carboxylic acids is 1. The summed E-state index contributed by atoms with van der Waals surface area (Å²) in [6, 6.07) is 0. The first-order chi connectivity index (χ1) is 13.5. The molecule has 1 aliphatic carbocycles. The largest absolute Gasteiger partial charge is 0.468 e. The number of allylic oxidation sites excluding steroid dienone is 6. The number of carbonyl (C=O) groups is 1. The fourth-order valence-corrected chi connectivity index (χ4v) is 4.42. The van der Waals surface area contributed by atoms with Crippen molar-refractivity contribution < 1.29 is 13.9 Å². The van der Waals surface area contributed by atoms with E-state index in [1.54, 1.807) is 6.92 Å². The molecule has 0 saturated carbocycles. The van der Waals surface area contributed by atoms with Gasteiger partial charge in [-0.2, -0.15) is 0 Å². The quantitative estimate of drug-likeness (QED) is 0.566. The molecule has 1 aromatic rings. The Labute approximate surface area is 174 Å². The molecule has 0 N–H and O–H groups in total. The van der Waals surface area contributed by atoms with Crippen LogP contribution in [0.1, 0.15) is 70.8 Å². The Morgan fingerprint density at radius 1 is 1.21 bits per heavy atom. The number of hydrogen-bond acceptors (Lipinski definition) is 4. The van der Waals surface area contributed by atoms with Crippen LogP contribution in [-0.4, -0.2) is 12.9 Å². The second kappa shape index (κ2) is 8.98. The summed E-state index contributed by atoms with van der Waals surface area (Å²) in [6.07, 6.45) is 4.78. The molecule has 158 valence electrons. The highest BCUT2D eigenvalue weighted by molar-refractivity contribution is 5.82. The first-order valence-electron chi connectivity index (χ1n) is 10.3. The lowest BCUT2D eigenvalue weighted by atomic mass is 9.70. The van der Waals surface area contributed by atoms with Gasteiger partial charge in [0.1, 0.15) is 11.5 Å². The number of rotatable bonds is 6. The molecule has 4 heteroatoms. The van der Waals surface area contributed by atoms with E-state index in [0.29, 0.717) is 23.3 Å². The summed E-state index contributed by atoms with van der Waals surface area (Å²) in [6.45, 7) is 15.7. The van der Waals surface area contributed by atoms with Crippen molar-refractivity contribution in [1.82, 2.24) is 0 Å². The van der Waals surface area contributed by atoms with E-state index in [1.807, 2.05) is 20.8 Å². The summed E-state index contributed by atoms with van der Waals surface area (Å²) in [7, 11) is 1.52. The summed E-state index contributed by atoms with van der Waals surface area (Å²) < 4.78 is 11.5. The molecule has 0 radical (unpaired) electrons. The molecule has 2 rings (SSSR count). The summed E-state index contributed by atoms with van der Waals surface area (Å²) >= 11 is 0. The van der Waals surface area contributed by atoms with Crippen LogP contribution in [0.2, 0.25) is 0 Å². The van der Waals surface area contributed by atoms with Crippen LogP contribution in [0.4, 0.5) is 0 Å². The number of hydrogen-bond donors (Lipinski definition) is 0. The van der Waals surface area contributed by atoms with E-state index in [-0.39, 0.29) is 34.9 Å². The molecule has 1 aromatic heterocycles. The minimum absolute atomic E-state index is 0.0278. The maximum Gasteiger partial charge on any atom is 0.291 e. The molecule has 4 nitrogen and oxygen atoms in total.